The van der Waals surface area contributed by atoms with Crippen LogP contribution in [0.15, 0.2) is 165 Å². The number of hydrogen-bond acceptors (Lipinski definition) is 9. The Morgan fingerprint density at radius 2 is 1.40 bits per heavy atom. The highest BCUT2D eigenvalue weighted by Crippen LogP contribution is 2.27. The van der Waals surface area contributed by atoms with Gasteiger partial charge in [0.15, 0.2) is 0 Å². The first-order valence-electron chi connectivity index (χ1n) is 20.2. The second-order valence-electron chi connectivity index (χ2n) is 14.9. The molecule has 0 aliphatic heterocycles. The van der Waals surface area contributed by atoms with Crippen molar-refractivity contribution < 1.29 is 31.2 Å². The molecule has 6 rings (SSSR count). The van der Waals surface area contributed by atoms with Crippen LogP contribution in [0.4, 0.5) is 10.5 Å². The Balaban J connectivity index is 1.22. The van der Waals surface area contributed by atoms with Crippen LogP contribution in [0.25, 0.3) is 0 Å². The summed E-state index contributed by atoms with van der Waals surface area (Å²) in [5.74, 6) is -0.777. The summed E-state index contributed by atoms with van der Waals surface area (Å²) in [6.45, 7) is 2.83. The molecule has 16 nitrogen and oxygen atoms in total. The summed E-state index contributed by atoms with van der Waals surface area (Å²) in [6, 6.07) is 37.5. The van der Waals surface area contributed by atoms with E-state index >= 15 is 0 Å². The van der Waals surface area contributed by atoms with Crippen molar-refractivity contribution in [3.05, 3.63) is 195 Å². The van der Waals surface area contributed by atoms with Crippen molar-refractivity contribution in [3.8, 4) is 5.75 Å². The van der Waals surface area contributed by atoms with E-state index in [2.05, 4.69) is 30.3 Å². The lowest BCUT2D eigenvalue weighted by molar-refractivity contribution is -0.122. The topological polar surface area (TPSA) is 233 Å². The van der Waals surface area contributed by atoms with Gasteiger partial charge in [0.2, 0.25) is 15.9 Å². The molecule has 3 amide bonds. The van der Waals surface area contributed by atoms with Gasteiger partial charge in [-0.25, -0.2) is 18.6 Å². The number of carbonyl (C=O) groups excluding carboxylic acids is 2. The van der Waals surface area contributed by atoms with Crippen molar-refractivity contribution in [1.82, 2.24) is 20.6 Å². The summed E-state index contributed by atoms with van der Waals surface area (Å²) in [6.07, 6.45) is 2.70. The van der Waals surface area contributed by atoms with E-state index in [0.29, 0.717) is 28.0 Å². The molecule has 1 aromatic heterocycles. The molecule has 1 unspecified atom stereocenters. The van der Waals surface area contributed by atoms with Crippen molar-refractivity contribution in [3.63, 3.8) is 0 Å². The number of nitrogens with two attached hydrogens (primary N) is 1. The highest BCUT2D eigenvalue weighted by molar-refractivity contribution is 7.92. The van der Waals surface area contributed by atoms with E-state index in [1.54, 1.807) is 74.5 Å². The van der Waals surface area contributed by atoms with Gasteiger partial charge in [0.05, 0.1) is 29.8 Å². The average molecular weight is 917 g/mol. The number of nitrogens with one attached hydrogen (secondary N) is 4. The molecule has 0 fully saturated rings. The summed E-state index contributed by atoms with van der Waals surface area (Å²) in [5.41, 5.74) is 11.8. The number of aromatic nitrogens is 1. The first-order valence-corrected chi connectivity index (χ1v) is 23.3. The molecule has 18 heteroatoms. The van der Waals surface area contributed by atoms with Crippen LogP contribution in [0.1, 0.15) is 45.0 Å². The van der Waals surface area contributed by atoms with Crippen LogP contribution in [0.5, 0.6) is 5.75 Å². The molecule has 0 saturated carbocycles. The molecular formula is C47H48N8O8S2. The van der Waals surface area contributed by atoms with Crippen LogP contribution >= 0.6 is 0 Å². The van der Waals surface area contributed by atoms with Gasteiger partial charge in [-0.2, -0.15) is 13.5 Å². The maximum Gasteiger partial charge on any atom is 0.335 e. The van der Waals surface area contributed by atoms with Crippen LogP contribution in [-0.2, 0) is 43.6 Å². The average Bonchev–Trinajstić information content (AvgIpc) is 3.28. The monoisotopic (exact) mass is 916 g/mol. The van der Waals surface area contributed by atoms with Gasteiger partial charge >= 0.3 is 6.03 Å². The minimum atomic E-state index is -4.25. The predicted octanol–water partition coefficient (Wildman–Crippen LogP) is 5.31. The fourth-order valence-corrected chi connectivity index (χ4v) is 9.34. The number of pyridine rings is 1. The number of hydrazone groups is 1. The van der Waals surface area contributed by atoms with Crippen LogP contribution in [0.3, 0.4) is 0 Å². The molecule has 0 bridgehead atoms. The van der Waals surface area contributed by atoms with Crippen molar-refractivity contribution >= 4 is 49.7 Å². The Bertz CT molecular complexity index is 2940. The number of hydrogen-bond donors (Lipinski definition) is 5. The Morgan fingerprint density at radius 1 is 0.769 bits per heavy atom. The lowest BCUT2D eigenvalue weighted by Crippen LogP contribution is -2.42. The highest BCUT2D eigenvalue weighted by atomic mass is 32.2. The number of nitrogens with zero attached hydrogens (tertiary/aromatic N) is 3. The van der Waals surface area contributed by atoms with Gasteiger partial charge in [-0.05, 0) is 84.0 Å². The van der Waals surface area contributed by atoms with Crippen LogP contribution in [0, 0.1) is 13.8 Å². The number of aryl methyl sites for hydroxylation is 2. The Morgan fingerprint density at radius 3 is 2.05 bits per heavy atom. The first kappa shape index (κ1) is 46.9. The van der Waals surface area contributed by atoms with E-state index in [1.807, 2.05) is 60.7 Å². The van der Waals surface area contributed by atoms with Gasteiger partial charge in [-0.1, -0.05) is 109 Å². The zero-order chi connectivity index (χ0) is 46.6. The van der Waals surface area contributed by atoms with Crippen LogP contribution < -0.4 is 36.8 Å². The predicted molar refractivity (Wildman–Crippen MR) is 251 cm³/mol. The summed E-state index contributed by atoms with van der Waals surface area (Å²) >= 11 is 0. The molecule has 0 aliphatic carbocycles. The van der Waals surface area contributed by atoms with E-state index in [0.717, 1.165) is 15.7 Å². The largest absolute Gasteiger partial charge is 0.496 e. The maximum absolute atomic E-state index is 13.6. The third-order valence-electron chi connectivity index (χ3n) is 9.97. The summed E-state index contributed by atoms with van der Waals surface area (Å²) in [4.78, 5) is 40.3. The number of amides is 3. The number of methoxy groups -OCH3 is 1. The van der Waals surface area contributed by atoms with Crippen molar-refractivity contribution in [2.75, 3.05) is 11.8 Å². The molecule has 0 saturated heterocycles. The Hall–Kier alpha value is -7.57. The highest BCUT2D eigenvalue weighted by Gasteiger charge is 2.21. The molecule has 6 aromatic rings. The van der Waals surface area contributed by atoms with Gasteiger partial charge in [0, 0.05) is 18.0 Å². The van der Waals surface area contributed by atoms with Gasteiger partial charge < -0.3 is 25.7 Å². The number of sulfonamides is 2. The second kappa shape index (κ2) is 21.2. The summed E-state index contributed by atoms with van der Waals surface area (Å²) in [5, 5.41) is 9.90. The molecule has 0 aliphatic rings. The molecule has 5 aromatic carbocycles. The molecule has 0 radical (unpaired) electrons. The Kier molecular flexibility index (Phi) is 15.3. The number of urea groups is 1. The van der Waals surface area contributed by atoms with Crippen molar-refractivity contribution in [2.45, 2.75) is 49.5 Å². The number of carbonyl (C=O) groups is 2. The van der Waals surface area contributed by atoms with E-state index < -0.39 is 56.2 Å². The number of rotatable bonds is 18. The standard InChI is InChI=1S/C47H48N8O8S2/c1-32-26-42(33(2)25-41(32)63-3)65(61,62)54-45(48)38-22-13-17-35(27-38)28-39(29-49-52-47(58)51-44(36-18-9-5-10-19-36)37-20-11-6-12-21-37)50-43(56)30-55-24-14-23-40(46(55)57)53-64(59,60)31-34-15-7-4-8-16-34/h4-27,29,39,44,53H,28,30-31H2,1-3H3,(H2,48,54)(H,50,56)(H2,51,52,58)/b49-29+. The number of anilines is 1. The Labute approximate surface area is 377 Å². The first-order chi connectivity index (χ1) is 31.1. The van der Waals surface area contributed by atoms with E-state index in [1.165, 1.54) is 37.7 Å². The minimum Gasteiger partial charge on any atom is -0.496 e. The number of ether oxygens (including phenoxy) is 1. The quantitative estimate of drug-likeness (QED) is 0.0427. The molecular weight excluding hydrogens is 869 g/mol. The van der Waals surface area contributed by atoms with E-state index in [4.69, 9.17) is 10.5 Å². The van der Waals surface area contributed by atoms with Crippen LogP contribution in [0.2, 0.25) is 0 Å². The SMILES string of the molecule is COc1cc(C)c(S(=O)(=O)/N=C(\N)c2cccc(CC(/C=N/NC(=O)NC(c3ccccc3)c3ccccc3)NC(=O)Cn3cccc(NS(=O)(=O)Cc4ccccc4)c3=O)c2)cc1C. The smallest absolute Gasteiger partial charge is 0.335 e. The van der Waals surface area contributed by atoms with E-state index in [-0.39, 0.29) is 34.2 Å². The molecule has 65 heavy (non-hydrogen) atoms. The third kappa shape index (κ3) is 13.0. The maximum atomic E-state index is 13.6. The summed E-state index contributed by atoms with van der Waals surface area (Å²) < 4.78 is 65.4. The van der Waals surface area contributed by atoms with Gasteiger partial charge in [-0.3, -0.25) is 14.3 Å². The minimum absolute atomic E-state index is 0.0291. The summed E-state index contributed by atoms with van der Waals surface area (Å²) in [7, 11) is -6.74. The molecule has 336 valence electrons. The van der Waals surface area contributed by atoms with Gasteiger partial charge in [0.1, 0.15) is 23.8 Å². The van der Waals surface area contributed by atoms with E-state index in [9.17, 15) is 31.2 Å². The molecule has 6 N–H and O–H groups in total. The van der Waals surface area contributed by atoms with Crippen molar-refractivity contribution in [2.24, 2.45) is 15.2 Å². The van der Waals surface area contributed by atoms with Gasteiger partial charge in [0.25, 0.3) is 15.6 Å². The fraction of sp³-hybridized carbons (Fsp3) is 0.170. The molecule has 1 atom stereocenters. The lowest BCUT2D eigenvalue weighted by Gasteiger charge is -2.19. The van der Waals surface area contributed by atoms with Crippen molar-refractivity contribution in [1.29, 1.82) is 0 Å². The normalized spacial score (nSPS) is 12.4. The fourth-order valence-electron chi connectivity index (χ4n) is 6.89. The van der Waals surface area contributed by atoms with Crippen LogP contribution in [-0.4, -0.2) is 58.5 Å². The third-order valence-corrected chi connectivity index (χ3v) is 12.7. The molecule has 1 heterocycles. The number of amidine groups is 1. The number of benzene rings is 5. The lowest BCUT2D eigenvalue weighted by atomic mass is 9.99. The van der Waals surface area contributed by atoms with Gasteiger partial charge in [-0.15, -0.1) is 4.40 Å². The zero-order valence-electron chi connectivity index (χ0n) is 35.7. The molecule has 0 spiro atoms. The second-order valence-corrected chi connectivity index (χ2v) is 18.2. The zero-order valence-corrected chi connectivity index (χ0v) is 37.3.